The van der Waals surface area contributed by atoms with E-state index in [1.807, 2.05) is 6.92 Å². The fourth-order valence-electron chi connectivity index (χ4n) is 0.960. The van der Waals surface area contributed by atoms with E-state index < -0.39 is 5.82 Å². The number of carbonyl (C=O) groups is 1. The van der Waals surface area contributed by atoms with Crippen molar-refractivity contribution in [3.63, 3.8) is 0 Å². The van der Waals surface area contributed by atoms with Crippen LogP contribution in [0.2, 0.25) is 0 Å². The number of ether oxygens (including phenoxy) is 1. The zero-order valence-electron chi connectivity index (χ0n) is 7.21. The molecule has 1 N–H and O–H groups in total. The third-order valence-electron chi connectivity index (χ3n) is 1.46. The Labute approximate surface area is 75.5 Å². The van der Waals surface area contributed by atoms with Gasteiger partial charge in [0, 0.05) is 6.07 Å². The monoisotopic (exact) mass is 183 g/mol. The number of carbonyl (C=O) groups excluding carboxylic acids is 1. The molecule has 0 atom stereocenters. The van der Waals surface area contributed by atoms with E-state index in [-0.39, 0.29) is 0 Å². The topological polar surface area (TPSA) is 38.3 Å². The SMILES string of the molecule is CCOc1ccc(F)cc1NC=O. The van der Waals surface area contributed by atoms with Crippen molar-refractivity contribution in [3.8, 4) is 5.75 Å². The molecule has 0 aromatic heterocycles. The fraction of sp³-hybridized carbons (Fsp3) is 0.222. The molecule has 0 spiro atoms. The molecule has 0 aliphatic heterocycles. The van der Waals surface area contributed by atoms with Gasteiger partial charge in [0.25, 0.3) is 0 Å². The van der Waals surface area contributed by atoms with Crippen LogP contribution in [0.25, 0.3) is 0 Å². The van der Waals surface area contributed by atoms with Gasteiger partial charge in [-0.3, -0.25) is 4.79 Å². The van der Waals surface area contributed by atoms with Crippen LogP contribution in [0.1, 0.15) is 6.92 Å². The number of hydrogen-bond acceptors (Lipinski definition) is 2. The van der Waals surface area contributed by atoms with Gasteiger partial charge in [-0.1, -0.05) is 0 Å². The molecule has 3 nitrogen and oxygen atoms in total. The Hall–Kier alpha value is -1.58. The first kappa shape index (κ1) is 9.51. The zero-order chi connectivity index (χ0) is 9.68. The average Bonchev–Trinajstić information content (AvgIpc) is 2.10. The van der Waals surface area contributed by atoms with Crippen LogP contribution in [0, 0.1) is 5.82 Å². The Morgan fingerprint density at radius 2 is 2.38 bits per heavy atom. The number of benzene rings is 1. The second kappa shape index (κ2) is 4.45. The van der Waals surface area contributed by atoms with Crippen LogP contribution in [0.4, 0.5) is 10.1 Å². The molecule has 1 aromatic rings. The van der Waals surface area contributed by atoms with E-state index in [0.717, 1.165) is 0 Å². The molecule has 1 rings (SSSR count). The maximum absolute atomic E-state index is 12.7. The molecule has 0 saturated heterocycles. The second-order valence-electron chi connectivity index (χ2n) is 2.34. The van der Waals surface area contributed by atoms with Gasteiger partial charge < -0.3 is 10.1 Å². The minimum Gasteiger partial charge on any atom is -0.492 e. The number of amides is 1. The summed E-state index contributed by atoms with van der Waals surface area (Å²) >= 11 is 0. The van der Waals surface area contributed by atoms with Crippen molar-refractivity contribution < 1.29 is 13.9 Å². The summed E-state index contributed by atoms with van der Waals surface area (Å²) in [5.41, 5.74) is 0.344. The number of hydrogen-bond donors (Lipinski definition) is 1. The normalized spacial score (nSPS) is 9.38. The number of nitrogens with one attached hydrogen (secondary N) is 1. The first-order valence-electron chi connectivity index (χ1n) is 3.90. The average molecular weight is 183 g/mol. The van der Waals surface area contributed by atoms with Crippen LogP contribution >= 0.6 is 0 Å². The standard InChI is InChI=1S/C9H10FNO2/c1-2-13-9-4-3-7(10)5-8(9)11-6-12/h3-6H,2H2,1H3,(H,11,12). The zero-order valence-corrected chi connectivity index (χ0v) is 7.21. The van der Waals surface area contributed by atoms with Crippen LogP contribution < -0.4 is 10.1 Å². The molecule has 13 heavy (non-hydrogen) atoms. The lowest BCUT2D eigenvalue weighted by Crippen LogP contribution is -2.00. The highest BCUT2D eigenvalue weighted by Gasteiger charge is 2.03. The summed E-state index contributed by atoms with van der Waals surface area (Å²) in [7, 11) is 0. The molecule has 0 saturated carbocycles. The first-order chi connectivity index (χ1) is 6.27. The third kappa shape index (κ3) is 2.43. The molecular weight excluding hydrogens is 173 g/mol. The summed E-state index contributed by atoms with van der Waals surface area (Å²) < 4.78 is 17.9. The van der Waals surface area contributed by atoms with E-state index in [4.69, 9.17) is 4.74 Å². The maximum Gasteiger partial charge on any atom is 0.211 e. The van der Waals surface area contributed by atoms with Crippen LogP contribution in [-0.2, 0) is 4.79 Å². The Morgan fingerprint density at radius 3 is 3.00 bits per heavy atom. The molecule has 0 bridgehead atoms. The Balaban J connectivity index is 2.95. The van der Waals surface area contributed by atoms with Gasteiger partial charge >= 0.3 is 0 Å². The van der Waals surface area contributed by atoms with Crippen molar-refractivity contribution in [2.45, 2.75) is 6.92 Å². The highest BCUT2D eigenvalue weighted by Crippen LogP contribution is 2.24. The highest BCUT2D eigenvalue weighted by molar-refractivity contribution is 5.75. The predicted octanol–water partition coefficient (Wildman–Crippen LogP) is 1.79. The summed E-state index contributed by atoms with van der Waals surface area (Å²) in [5, 5.41) is 2.36. The van der Waals surface area contributed by atoms with Crippen LogP contribution in [0.5, 0.6) is 5.75 Å². The second-order valence-corrected chi connectivity index (χ2v) is 2.34. The summed E-state index contributed by atoms with van der Waals surface area (Å²) in [5.74, 6) is 0.0591. The molecule has 0 aliphatic carbocycles. The summed E-state index contributed by atoms with van der Waals surface area (Å²) in [4.78, 5) is 10.2. The quantitative estimate of drug-likeness (QED) is 0.723. The molecule has 0 radical (unpaired) electrons. The number of anilines is 1. The van der Waals surface area contributed by atoms with Crippen LogP contribution in [0.15, 0.2) is 18.2 Å². The van der Waals surface area contributed by atoms with Gasteiger partial charge in [0.15, 0.2) is 0 Å². The van der Waals surface area contributed by atoms with Gasteiger partial charge in [-0.25, -0.2) is 4.39 Å². The molecule has 70 valence electrons. The fourth-order valence-corrected chi connectivity index (χ4v) is 0.960. The minimum atomic E-state index is -0.409. The van der Waals surface area contributed by atoms with Gasteiger partial charge in [-0.15, -0.1) is 0 Å². The van der Waals surface area contributed by atoms with Crippen molar-refractivity contribution in [2.75, 3.05) is 11.9 Å². The molecule has 0 unspecified atom stereocenters. The van der Waals surface area contributed by atoms with E-state index in [2.05, 4.69) is 5.32 Å². The highest BCUT2D eigenvalue weighted by atomic mass is 19.1. The van der Waals surface area contributed by atoms with E-state index in [1.165, 1.54) is 18.2 Å². The molecule has 1 aromatic carbocycles. The molecule has 4 heteroatoms. The van der Waals surface area contributed by atoms with Crippen molar-refractivity contribution in [1.29, 1.82) is 0 Å². The molecule has 0 fully saturated rings. The lowest BCUT2D eigenvalue weighted by atomic mass is 10.3. The Bertz CT molecular complexity index is 302. The minimum absolute atomic E-state index is 0.344. The van der Waals surface area contributed by atoms with Crippen molar-refractivity contribution in [2.24, 2.45) is 0 Å². The van der Waals surface area contributed by atoms with Gasteiger partial charge in [0.1, 0.15) is 11.6 Å². The van der Waals surface area contributed by atoms with Crippen LogP contribution in [-0.4, -0.2) is 13.0 Å². The first-order valence-corrected chi connectivity index (χ1v) is 3.90. The Morgan fingerprint density at radius 1 is 1.62 bits per heavy atom. The summed E-state index contributed by atoms with van der Waals surface area (Å²) in [6, 6.07) is 3.96. The van der Waals surface area contributed by atoms with Gasteiger partial charge in [0.05, 0.1) is 12.3 Å². The summed E-state index contributed by atoms with van der Waals surface area (Å²) in [6.45, 7) is 2.28. The smallest absolute Gasteiger partial charge is 0.211 e. The molecule has 0 heterocycles. The van der Waals surface area contributed by atoms with E-state index in [9.17, 15) is 9.18 Å². The van der Waals surface area contributed by atoms with E-state index >= 15 is 0 Å². The lowest BCUT2D eigenvalue weighted by molar-refractivity contribution is -0.105. The number of halogens is 1. The number of rotatable bonds is 4. The van der Waals surface area contributed by atoms with Gasteiger partial charge in [0.2, 0.25) is 6.41 Å². The largest absolute Gasteiger partial charge is 0.492 e. The molecule has 1 amide bonds. The lowest BCUT2D eigenvalue weighted by Gasteiger charge is -2.08. The predicted molar refractivity (Wildman–Crippen MR) is 47.3 cm³/mol. The molecular formula is C9H10FNO2. The van der Waals surface area contributed by atoms with E-state index in [0.29, 0.717) is 24.5 Å². The Kier molecular flexibility index (Phi) is 3.25. The van der Waals surface area contributed by atoms with Crippen LogP contribution in [0.3, 0.4) is 0 Å². The van der Waals surface area contributed by atoms with E-state index in [1.54, 1.807) is 0 Å². The molecule has 0 aliphatic rings. The third-order valence-corrected chi connectivity index (χ3v) is 1.46. The summed E-state index contributed by atoms with van der Waals surface area (Å²) in [6.07, 6.45) is 0.483. The maximum atomic E-state index is 12.7. The van der Waals surface area contributed by atoms with Crippen molar-refractivity contribution in [1.82, 2.24) is 0 Å². The van der Waals surface area contributed by atoms with Crippen molar-refractivity contribution >= 4 is 12.1 Å². The van der Waals surface area contributed by atoms with Crippen molar-refractivity contribution in [3.05, 3.63) is 24.0 Å². The van der Waals surface area contributed by atoms with Gasteiger partial charge in [-0.05, 0) is 19.1 Å². The van der Waals surface area contributed by atoms with Gasteiger partial charge in [-0.2, -0.15) is 0 Å².